The van der Waals surface area contributed by atoms with Crippen LogP contribution in [0.25, 0.3) is 0 Å². The number of nitrogens with two attached hydrogens (primary N) is 1. The number of benzene rings is 1. The van der Waals surface area contributed by atoms with Gasteiger partial charge in [-0.3, -0.25) is 5.84 Å². The molecule has 0 spiro atoms. The van der Waals surface area contributed by atoms with Gasteiger partial charge in [0.1, 0.15) is 5.82 Å². The highest BCUT2D eigenvalue weighted by molar-refractivity contribution is 7.89. The first-order valence-corrected chi connectivity index (χ1v) is 7.67. The van der Waals surface area contributed by atoms with Crippen LogP contribution >= 0.6 is 0 Å². The van der Waals surface area contributed by atoms with Gasteiger partial charge in [-0.05, 0) is 36.2 Å². The first-order chi connectivity index (χ1) is 10.0. The number of nitrogen functional groups attached to an aromatic ring is 1. The summed E-state index contributed by atoms with van der Waals surface area (Å²) < 4.78 is 39.7. The van der Waals surface area contributed by atoms with Gasteiger partial charge >= 0.3 is 0 Å². The molecule has 1 heterocycles. The fraction of sp³-hybridized carbons (Fsp3) is 0.154. The smallest absolute Gasteiger partial charge is 0.260 e. The van der Waals surface area contributed by atoms with Gasteiger partial charge in [0.2, 0.25) is 0 Å². The third-order valence-electron chi connectivity index (χ3n) is 2.78. The zero-order chi connectivity index (χ0) is 15.3. The number of sulfonamides is 1. The van der Waals surface area contributed by atoms with Gasteiger partial charge in [0, 0.05) is 12.7 Å². The Morgan fingerprint density at radius 3 is 2.76 bits per heavy atom. The molecule has 0 aliphatic rings. The van der Waals surface area contributed by atoms with Gasteiger partial charge in [-0.25, -0.2) is 22.5 Å². The Morgan fingerprint density at radius 1 is 1.24 bits per heavy atom. The number of hydrogen-bond donors (Lipinski definition) is 3. The molecule has 0 aliphatic carbocycles. The minimum atomic E-state index is -3.78. The van der Waals surface area contributed by atoms with Crippen LogP contribution in [-0.2, 0) is 16.4 Å². The maximum atomic E-state index is 13.0. The predicted molar refractivity (Wildman–Crippen MR) is 77.3 cm³/mol. The van der Waals surface area contributed by atoms with Crippen molar-refractivity contribution < 1.29 is 12.8 Å². The lowest BCUT2D eigenvalue weighted by molar-refractivity contribution is 0.578. The Hall–Kier alpha value is -2.03. The van der Waals surface area contributed by atoms with Crippen molar-refractivity contribution in [1.29, 1.82) is 0 Å². The van der Waals surface area contributed by atoms with Gasteiger partial charge in [0.05, 0.1) is 5.69 Å². The van der Waals surface area contributed by atoms with Gasteiger partial charge < -0.3 is 5.43 Å². The van der Waals surface area contributed by atoms with E-state index in [4.69, 9.17) is 5.84 Å². The number of rotatable bonds is 6. The molecule has 2 aromatic rings. The summed E-state index contributed by atoms with van der Waals surface area (Å²) in [6, 6.07) is 9.08. The average Bonchev–Trinajstić information content (AvgIpc) is 2.47. The van der Waals surface area contributed by atoms with Crippen molar-refractivity contribution in [3.63, 3.8) is 0 Å². The van der Waals surface area contributed by atoms with E-state index < -0.39 is 10.0 Å². The number of hydrazine groups is 1. The van der Waals surface area contributed by atoms with Crippen molar-refractivity contribution in [3.05, 3.63) is 54.0 Å². The highest BCUT2D eigenvalue weighted by Crippen LogP contribution is 2.16. The van der Waals surface area contributed by atoms with Crippen LogP contribution in [0.3, 0.4) is 0 Å². The Kier molecular flexibility index (Phi) is 4.84. The summed E-state index contributed by atoms with van der Waals surface area (Å²) in [5.74, 6) is 4.91. The molecule has 6 nitrogen and oxygen atoms in total. The van der Waals surface area contributed by atoms with Crippen LogP contribution in [0.5, 0.6) is 0 Å². The number of nitrogens with one attached hydrogen (secondary N) is 2. The molecule has 0 unspecified atom stereocenters. The Bertz CT molecular complexity index is 722. The second kappa shape index (κ2) is 6.61. The zero-order valence-electron chi connectivity index (χ0n) is 11.1. The van der Waals surface area contributed by atoms with Crippen molar-refractivity contribution >= 4 is 15.7 Å². The third kappa shape index (κ3) is 3.97. The maximum Gasteiger partial charge on any atom is 0.260 e. The topological polar surface area (TPSA) is 97.1 Å². The molecule has 0 aliphatic heterocycles. The van der Waals surface area contributed by atoms with Crippen LogP contribution < -0.4 is 16.0 Å². The molecule has 0 bridgehead atoms. The van der Waals surface area contributed by atoms with E-state index in [1.165, 1.54) is 24.4 Å². The van der Waals surface area contributed by atoms with E-state index in [2.05, 4.69) is 15.1 Å². The lowest BCUT2D eigenvalue weighted by Gasteiger charge is -2.09. The maximum absolute atomic E-state index is 13.0. The fourth-order valence-corrected chi connectivity index (χ4v) is 2.93. The number of anilines is 1. The summed E-state index contributed by atoms with van der Waals surface area (Å²) in [5.41, 5.74) is 3.19. The van der Waals surface area contributed by atoms with E-state index >= 15 is 0 Å². The molecule has 21 heavy (non-hydrogen) atoms. The van der Waals surface area contributed by atoms with Crippen molar-refractivity contribution in [1.82, 2.24) is 9.71 Å². The SMILES string of the molecule is NNc1cccnc1S(=O)(=O)NCCc1cccc(F)c1. The summed E-state index contributed by atoms with van der Waals surface area (Å²) in [6.45, 7) is 0.131. The van der Waals surface area contributed by atoms with E-state index in [1.54, 1.807) is 18.2 Å². The molecular weight excluding hydrogens is 295 g/mol. The van der Waals surface area contributed by atoms with Gasteiger partial charge in [-0.15, -0.1) is 0 Å². The molecular formula is C13H15FN4O2S. The van der Waals surface area contributed by atoms with E-state index in [9.17, 15) is 12.8 Å². The van der Waals surface area contributed by atoms with Gasteiger partial charge in [0.25, 0.3) is 10.0 Å². The Morgan fingerprint density at radius 2 is 2.05 bits per heavy atom. The molecule has 0 amide bonds. The van der Waals surface area contributed by atoms with E-state index in [1.807, 2.05) is 0 Å². The molecule has 112 valence electrons. The first kappa shape index (κ1) is 15.4. The molecule has 8 heteroatoms. The van der Waals surface area contributed by atoms with Crippen LogP contribution in [-0.4, -0.2) is 19.9 Å². The minimum absolute atomic E-state index is 0.131. The second-order valence-electron chi connectivity index (χ2n) is 4.28. The summed E-state index contributed by atoms with van der Waals surface area (Å²) in [5, 5.41) is -0.174. The van der Waals surface area contributed by atoms with E-state index in [0.29, 0.717) is 12.0 Å². The largest absolute Gasteiger partial charge is 0.321 e. The van der Waals surface area contributed by atoms with Crippen molar-refractivity contribution in [3.8, 4) is 0 Å². The van der Waals surface area contributed by atoms with Crippen LogP contribution in [0.1, 0.15) is 5.56 Å². The number of hydrogen-bond acceptors (Lipinski definition) is 5. The van der Waals surface area contributed by atoms with E-state index in [0.717, 1.165) is 0 Å². The first-order valence-electron chi connectivity index (χ1n) is 6.18. The number of nitrogens with zero attached hydrogens (tertiary/aromatic N) is 1. The van der Waals surface area contributed by atoms with Gasteiger partial charge in [-0.2, -0.15) is 0 Å². The molecule has 2 rings (SSSR count). The molecule has 0 saturated heterocycles. The lowest BCUT2D eigenvalue weighted by Crippen LogP contribution is -2.28. The molecule has 0 radical (unpaired) electrons. The highest BCUT2D eigenvalue weighted by atomic mass is 32.2. The second-order valence-corrected chi connectivity index (χ2v) is 5.96. The molecule has 1 aromatic carbocycles. The molecule has 1 aromatic heterocycles. The van der Waals surface area contributed by atoms with Crippen molar-refractivity contribution in [2.75, 3.05) is 12.0 Å². The van der Waals surface area contributed by atoms with Crippen LogP contribution in [0, 0.1) is 5.82 Å². The summed E-state index contributed by atoms with van der Waals surface area (Å²) in [4.78, 5) is 3.81. The number of aromatic nitrogens is 1. The molecule has 0 fully saturated rings. The Balaban J connectivity index is 2.05. The highest BCUT2D eigenvalue weighted by Gasteiger charge is 2.19. The summed E-state index contributed by atoms with van der Waals surface area (Å²) in [7, 11) is -3.78. The van der Waals surface area contributed by atoms with Crippen molar-refractivity contribution in [2.45, 2.75) is 11.4 Å². The summed E-state index contributed by atoms with van der Waals surface area (Å²) in [6.07, 6.45) is 1.73. The summed E-state index contributed by atoms with van der Waals surface area (Å²) >= 11 is 0. The lowest BCUT2D eigenvalue weighted by atomic mass is 10.1. The minimum Gasteiger partial charge on any atom is -0.321 e. The standard InChI is InChI=1S/C13H15FN4O2S/c14-11-4-1-3-10(9-11)6-8-17-21(19,20)13-12(18-15)5-2-7-16-13/h1-5,7,9,17-18H,6,8,15H2. The van der Waals surface area contributed by atoms with E-state index in [-0.39, 0.29) is 23.1 Å². The monoisotopic (exact) mass is 310 g/mol. The van der Waals surface area contributed by atoms with Crippen LogP contribution in [0.4, 0.5) is 10.1 Å². The third-order valence-corrected chi connectivity index (χ3v) is 4.19. The molecule has 4 N–H and O–H groups in total. The van der Waals surface area contributed by atoms with Crippen LogP contribution in [0.2, 0.25) is 0 Å². The Labute approximate surface area is 122 Å². The molecule has 0 saturated carbocycles. The quantitative estimate of drug-likeness (QED) is 0.547. The average molecular weight is 310 g/mol. The van der Waals surface area contributed by atoms with Gasteiger partial charge in [0.15, 0.2) is 5.03 Å². The normalized spacial score (nSPS) is 11.3. The zero-order valence-corrected chi connectivity index (χ0v) is 11.9. The van der Waals surface area contributed by atoms with Crippen LogP contribution in [0.15, 0.2) is 47.6 Å². The molecule has 0 atom stereocenters. The van der Waals surface area contributed by atoms with Crippen molar-refractivity contribution in [2.24, 2.45) is 5.84 Å². The fourth-order valence-electron chi connectivity index (χ4n) is 1.81. The number of halogens is 1. The predicted octanol–water partition coefficient (Wildman–Crippen LogP) is 1.03. The number of pyridine rings is 1. The van der Waals surface area contributed by atoms with Gasteiger partial charge in [-0.1, -0.05) is 12.1 Å².